The number of hydrogen-bond donors (Lipinski definition) is 1. The van der Waals surface area contributed by atoms with Crippen LogP contribution in [0.25, 0.3) is 5.76 Å². The zero-order valence-corrected chi connectivity index (χ0v) is 19.6. The predicted molar refractivity (Wildman–Crippen MR) is 130 cm³/mol. The SMILES string of the molecule is CCOc1ccc(C2/C(=C(\O)c3ccc4c(c3)CC(C)O4)C(=O)C(=O)N2Cc2ccncc2)cc1. The average Bonchev–Trinajstić information content (AvgIpc) is 3.36. The maximum Gasteiger partial charge on any atom is 0.295 e. The lowest BCUT2D eigenvalue weighted by Gasteiger charge is -2.25. The summed E-state index contributed by atoms with van der Waals surface area (Å²) in [5, 5.41) is 11.4. The number of amides is 1. The normalized spacial score (nSPS) is 20.6. The number of fused-ring (bicyclic) bond motifs is 1. The number of rotatable bonds is 6. The van der Waals surface area contributed by atoms with Crippen molar-refractivity contribution in [3.63, 3.8) is 0 Å². The lowest BCUT2D eigenvalue weighted by molar-refractivity contribution is -0.140. The number of carbonyl (C=O) groups excluding carboxylic acids is 2. The number of likely N-dealkylation sites (tertiary alicyclic amines) is 1. The second-order valence-corrected chi connectivity index (χ2v) is 8.74. The van der Waals surface area contributed by atoms with Crippen molar-refractivity contribution in [2.45, 2.75) is 39.0 Å². The van der Waals surface area contributed by atoms with Crippen molar-refractivity contribution in [1.29, 1.82) is 0 Å². The summed E-state index contributed by atoms with van der Waals surface area (Å²) in [5.74, 6) is -0.0898. The van der Waals surface area contributed by atoms with Crippen LogP contribution in [0.3, 0.4) is 0 Å². The largest absolute Gasteiger partial charge is 0.507 e. The van der Waals surface area contributed by atoms with Gasteiger partial charge in [-0.1, -0.05) is 12.1 Å². The van der Waals surface area contributed by atoms with E-state index < -0.39 is 17.7 Å². The third-order valence-electron chi connectivity index (χ3n) is 6.32. The Balaban J connectivity index is 1.60. The molecule has 5 rings (SSSR count). The molecule has 3 heterocycles. The van der Waals surface area contributed by atoms with Gasteiger partial charge < -0.3 is 19.5 Å². The van der Waals surface area contributed by atoms with Crippen molar-refractivity contribution in [1.82, 2.24) is 9.88 Å². The third-order valence-corrected chi connectivity index (χ3v) is 6.32. The number of benzene rings is 2. The highest BCUT2D eigenvalue weighted by atomic mass is 16.5. The molecule has 1 amide bonds. The lowest BCUT2D eigenvalue weighted by atomic mass is 9.94. The van der Waals surface area contributed by atoms with Crippen LogP contribution in [0, 0.1) is 0 Å². The van der Waals surface area contributed by atoms with Crippen LogP contribution in [0.1, 0.15) is 42.1 Å². The number of Topliss-reactive ketones (excluding diaryl/α,β-unsaturated/α-hetero) is 1. The van der Waals surface area contributed by atoms with Crippen LogP contribution in [-0.2, 0) is 22.6 Å². The summed E-state index contributed by atoms with van der Waals surface area (Å²) in [5.41, 5.74) is 3.06. The highest BCUT2D eigenvalue weighted by Crippen LogP contribution is 2.41. The van der Waals surface area contributed by atoms with E-state index in [1.54, 1.807) is 48.8 Å². The van der Waals surface area contributed by atoms with Crippen LogP contribution in [0.5, 0.6) is 11.5 Å². The fourth-order valence-corrected chi connectivity index (χ4v) is 4.71. The fraction of sp³-hybridized carbons (Fsp3) is 0.250. The molecular weight excluding hydrogens is 444 g/mol. The number of carbonyl (C=O) groups is 2. The maximum atomic E-state index is 13.3. The minimum Gasteiger partial charge on any atom is -0.507 e. The predicted octanol–water partition coefficient (Wildman–Crippen LogP) is 4.43. The summed E-state index contributed by atoms with van der Waals surface area (Å²) < 4.78 is 11.3. The number of aliphatic hydroxyl groups is 1. The molecule has 0 spiro atoms. The van der Waals surface area contributed by atoms with Crippen molar-refractivity contribution < 1.29 is 24.2 Å². The topological polar surface area (TPSA) is 89.0 Å². The van der Waals surface area contributed by atoms with Crippen LogP contribution >= 0.6 is 0 Å². The van der Waals surface area contributed by atoms with Gasteiger partial charge >= 0.3 is 0 Å². The fourth-order valence-electron chi connectivity index (χ4n) is 4.71. The summed E-state index contributed by atoms with van der Waals surface area (Å²) in [6.45, 7) is 4.62. The van der Waals surface area contributed by atoms with Crippen LogP contribution in [-0.4, -0.2) is 39.4 Å². The van der Waals surface area contributed by atoms with Gasteiger partial charge in [0.15, 0.2) is 0 Å². The molecule has 0 saturated carbocycles. The summed E-state index contributed by atoms with van der Waals surface area (Å²) in [6, 6.07) is 15.5. The van der Waals surface area contributed by atoms with Crippen LogP contribution in [0.2, 0.25) is 0 Å². The lowest BCUT2D eigenvalue weighted by Crippen LogP contribution is -2.29. The minimum atomic E-state index is -0.748. The number of ether oxygens (including phenoxy) is 2. The number of pyridine rings is 1. The molecule has 1 N–H and O–H groups in total. The maximum absolute atomic E-state index is 13.3. The number of aromatic nitrogens is 1. The second-order valence-electron chi connectivity index (χ2n) is 8.74. The van der Waals surface area contributed by atoms with Crippen molar-refractivity contribution in [3.8, 4) is 11.5 Å². The molecule has 2 atom stereocenters. The van der Waals surface area contributed by atoms with Gasteiger partial charge in [0.25, 0.3) is 11.7 Å². The van der Waals surface area contributed by atoms with E-state index in [1.807, 2.05) is 32.0 Å². The number of ketones is 1. The van der Waals surface area contributed by atoms with Gasteiger partial charge in [0, 0.05) is 30.9 Å². The van der Waals surface area contributed by atoms with E-state index in [2.05, 4.69) is 4.98 Å². The molecule has 2 aliphatic heterocycles. The van der Waals surface area contributed by atoms with Gasteiger partial charge in [-0.05, 0) is 73.0 Å². The molecule has 7 heteroatoms. The van der Waals surface area contributed by atoms with Gasteiger partial charge in [0.2, 0.25) is 0 Å². The van der Waals surface area contributed by atoms with Gasteiger partial charge in [-0.2, -0.15) is 0 Å². The van der Waals surface area contributed by atoms with Crippen molar-refractivity contribution in [3.05, 3.63) is 94.8 Å². The van der Waals surface area contributed by atoms with Gasteiger partial charge in [-0.3, -0.25) is 14.6 Å². The Bertz CT molecular complexity index is 1300. The Morgan fingerprint density at radius 3 is 2.57 bits per heavy atom. The molecule has 0 bridgehead atoms. The number of aliphatic hydroxyl groups excluding tert-OH is 1. The summed E-state index contributed by atoms with van der Waals surface area (Å²) in [6.07, 6.45) is 4.06. The van der Waals surface area contributed by atoms with Crippen molar-refractivity contribution >= 4 is 17.4 Å². The van der Waals surface area contributed by atoms with Crippen molar-refractivity contribution in [2.75, 3.05) is 6.61 Å². The molecule has 2 unspecified atom stereocenters. The first-order chi connectivity index (χ1) is 17.0. The van der Waals surface area contributed by atoms with Crippen LogP contribution < -0.4 is 9.47 Å². The molecule has 35 heavy (non-hydrogen) atoms. The number of hydrogen-bond acceptors (Lipinski definition) is 6. The molecule has 2 aliphatic rings. The van der Waals surface area contributed by atoms with E-state index in [1.165, 1.54) is 4.90 Å². The van der Waals surface area contributed by atoms with Gasteiger partial charge in [0.05, 0.1) is 18.2 Å². The first kappa shape index (κ1) is 22.7. The van der Waals surface area contributed by atoms with Crippen LogP contribution in [0.4, 0.5) is 0 Å². The Hall–Kier alpha value is -4.13. The molecule has 1 saturated heterocycles. The standard InChI is InChI=1S/C28H26N2O5/c1-3-34-22-7-4-19(5-8-22)25-24(26(31)20-6-9-23-21(15-20)14-17(2)35-23)27(32)28(33)30(25)16-18-10-12-29-13-11-18/h4-13,15,17,25,31H,3,14,16H2,1-2H3/b26-24+. The summed E-state index contributed by atoms with van der Waals surface area (Å²) >= 11 is 0. The van der Waals surface area contributed by atoms with E-state index in [9.17, 15) is 14.7 Å². The zero-order chi connectivity index (χ0) is 24.5. The molecular formula is C28H26N2O5. The monoisotopic (exact) mass is 470 g/mol. The van der Waals surface area contributed by atoms with E-state index in [4.69, 9.17) is 9.47 Å². The van der Waals surface area contributed by atoms with Crippen LogP contribution in [0.15, 0.2) is 72.6 Å². The smallest absolute Gasteiger partial charge is 0.295 e. The van der Waals surface area contributed by atoms with Crippen molar-refractivity contribution in [2.24, 2.45) is 0 Å². The zero-order valence-electron chi connectivity index (χ0n) is 19.6. The first-order valence-corrected chi connectivity index (χ1v) is 11.7. The summed E-state index contributed by atoms with van der Waals surface area (Å²) in [4.78, 5) is 32.0. The Labute approximate surface area is 203 Å². The first-order valence-electron chi connectivity index (χ1n) is 11.7. The van der Waals surface area contributed by atoms with E-state index in [0.29, 0.717) is 23.5 Å². The Kier molecular flexibility index (Phi) is 5.99. The average molecular weight is 471 g/mol. The molecule has 1 aromatic heterocycles. The van der Waals surface area contributed by atoms with Gasteiger partial charge in [0.1, 0.15) is 23.4 Å². The van der Waals surface area contributed by atoms with E-state index in [0.717, 1.165) is 23.3 Å². The quantitative estimate of drug-likeness (QED) is 0.326. The molecule has 7 nitrogen and oxygen atoms in total. The molecule has 0 radical (unpaired) electrons. The molecule has 1 fully saturated rings. The van der Waals surface area contributed by atoms with Gasteiger partial charge in [-0.25, -0.2) is 0 Å². The summed E-state index contributed by atoms with van der Waals surface area (Å²) in [7, 11) is 0. The second kappa shape index (κ2) is 9.25. The Morgan fingerprint density at radius 1 is 1.11 bits per heavy atom. The third kappa shape index (κ3) is 4.25. The highest BCUT2D eigenvalue weighted by molar-refractivity contribution is 6.46. The number of nitrogens with zero attached hydrogens (tertiary/aromatic N) is 2. The van der Waals surface area contributed by atoms with E-state index >= 15 is 0 Å². The molecule has 3 aromatic rings. The minimum absolute atomic E-state index is 0.0530. The molecule has 0 aliphatic carbocycles. The van der Waals surface area contributed by atoms with E-state index in [-0.39, 0.29) is 24.0 Å². The van der Waals surface area contributed by atoms with Gasteiger partial charge in [-0.15, -0.1) is 0 Å². The molecule has 178 valence electrons. The molecule has 2 aromatic carbocycles. The highest BCUT2D eigenvalue weighted by Gasteiger charge is 2.46. The Morgan fingerprint density at radius 2 is 1.86 bits per heavy atom.